The van der Waals surface area contributed by atoms with E-state index in [0.29, 0.717) is 23.4 Å². The maximum atomic E-state index is 14.0. The minimum absolute atomic E-state index is 0.105. The van der Waals surface area contributed by atoms with Crippen LogP contribution in [-0.4, -0.2) is 27.8 Å². The minimum atomic E-state index is -0.687. The molecule has 37 heavy (non-hydrogen) atoms. The molecule has 0 bridgehead atoms. The van der Waals surface area contributed by atoms with E-state index in [2.05, 4.69) is 9.97 Å². The van der Waals surface area contributed by atoms with Crippen LogP contribution in [-0.2, 0) is 6.54 Å². The molecular formula is C28H25Cl2FN4O2. The molecule has 2 N–H and O–H groups in total. The number of carbonyl (C=O) groups is 1. The molecular weight excluding hydrogens is 514 g/mol. The highest BCUT2D eigenvalue weighted by atomic mass is 35.5. The fourth-order valence-corrected chi connectivity index (χ4v) is 4.58. The Kier molecular flexibility index (Phi) is 7.95. The number of nitrogens with two attached hydrogens (primary N) is 1. The molecule has 0 saturated heterocycles. The van der Waals surface area contributed by atoms with E-state index < -0.39 is 11.9 Å². The molecule has 2 aromatic heterocycles. The lowest BCUT2D eigenvalue weighted by Gasteiger charge is -2.19. The van der Waals surface area contributed by atoms with Gasteiger partial charge in [0.2, 0.25) is 0 Å². The van der Waals surface area contributed by atoms with Crippen molar-refractivity contribution in [2.45, 2.75) is 26.5 Å². The zero-order valence-electron chi connectivity index (χ0n) is 20.5. The second-order valence-electron chi connectivity index (χ2n) is 8.63. The van der Waals surface area contributed by atoms with Crippen molar-refractivity contribution in [3.63, 3.8) is 0 Å². The standard InChI is InChI=1S/C28H25Cl2FN4O2/c1-16-5-4-6-21(34-16)15-35(3)28(36)19-9-7-18(8-10-19)20-13-24(27(32)33-14-20)37-17(2)25-22(29)11-12-23(31)26(25)30/h4-14,17H,15H2,1-3H3,(H2,32,33). The quantitative estimate of drug-likeness (QED) is 0.259. The first-order valence-electron chi connectivity index (χ1n) is 11.5. The van der Waals surface area contributed by atoms with Gasteiger partial charge in [0.05, 0.1) is 17.3 Å². The fraction of sp³-hybridized carbons (Fsp3) is 0.179. The first-order valence-corrected chi connectivity index (χ1v) is 12.2. The van der Waals surface area contributed by atoms with Gasteiger partial charge >= 0.3 is 0 Å². The number of rotatable bonds is 7. The van der Waals surface area contributed by atoms with Crippen LogP contribution >= 0.6 is 23.2 Å². The van der Waals surface area contributed by atoms with Crippen molar-refractivity contribution in [1.29, 1.82) is 0 Å². The Bertz CT molecular complexity index is 1450. The van der Waals surface area contributed by atoms with Gasteiger partial charge in [-0.2, -0.15) is 0 Å². The van der Waals surface area contributed by atoms with Crippen LogP contribution in [0.5, 0.6) is 5.75 Å². The molecule has 1 amide bonds. The molecule has 2 heterocycles. The minimum Gasteiger partial charge on any atom is -0.482 e. The first-order chi connectivity index (χ1) is 17.6. The van der Waals surface area contributed by atoms with Crippen molar-refractivity contribution >= 4 is 34.9 Å². The number of amides is 1. The summed E-state index contributed by atoms with van der Waals surface area (Å²) in [6.45, 7) is 4.02. The smallest absolute Gasteiger partial charge is 0.253 e. The third-order valence-corrected chi connectivity index (χ3v) is 6.54. The van der Waals surface area contributed by atoms with E-state index in [1.54, 1.807) is 43.3 Å². The lowest BCUT2D eigenvalue weighted by molar-refractivity contribution is 0.0783. The molecule has 0 aliphatic carbocycles. The van der Waals surface area contributed by atoms with Crippen molar-refractivity contribution in [2.24, 2.45) is 0 Å². The van der Waals surface area contributed by atoms with Crippen molar-refractivity contribution in [3.8, 4) is 16.9 Å². The van der Waals surface area contributed by atoms with Gasteiger partial charge in [-0.1, -0.05) is 41.4 Å². The van der Waals surface area contributed by atoms with Gasteiger partial charge in [0, 0.05) is 40.7 Å². The van der Waals surface area contributed by atoms with Crippen LogP contribution in [0.25, 0.3) is 11.1 Å². The van der Waals surface area contributed by atoms with Crippen molar-refractivity contribution in [1.82, 2.24) is 14.9 Å². The summed E-state index contributed by atoms with van der Waals surface area (Å²) in [6.07, 6.45) is 0.926. The monoisotopic (exact) mass is 538 g/mol. The highest BCUT2D eigenvalue weighted by Crippen LogP contribution is 2.37. The number of benzene rings is 2. The molecule has 6 nitrogen and oxygen atoms in total. The van der Waals surface area contributed by atoms with Crippen LogP contribution in [0.3, 0.4) is 0 Å². The second-order valence-corrected chi connectivity index (χ2v) is 9.42. The van der Waals surface area contributed by atoms with Crippen molar-refractivity contribution in [3.05, 3.63) is 105 Å². The summed E-state index contributed by atoms with van der Waals surface area (Å²) < 4.78 is 20.0. The Hall–Kier alpha value is -3.68. The lowest BCUT2D eigenvalue weighted by atomic mass is 10.0. The van der Waals surface area contributed by atoms with E-state index in [1.807, 2.05) is 37.3 Å². The van der Waals surface area contributed by atoms with Crippen LogP contribution in [0.2, 0.25) is 10.0 Å². The first kappa shape index (κ1) is 26.4. The average molecular weight is 539 g/mol. The normalized spacial score (nSPS) is 11.7. The fourth-order valence-electron chi connectivity index (χ4n) is 3.90. The third kappa shape index (κ3) is 6.01. The average Bonchev–Trinajstić information content (AvgIpc) is 2.87. The summed E-state index contributed by atoms with van der Waals surface area (Å²) >= 11 is 12.4. The number of nitrogens with zero attached hydrogens (tertiary/aromatic N) is 3. The number of aryl methyl sites for hydroxylation is 1. The Morgan fingerprint density at radius 3 is 2.54 bits per heavy atom. The highest BCUT2D eigenvalue weighted by Gasteiger charge is 2.20. The van der Waals surface area contributed by atoms with Crippen molar-refractivity contribution in [2.75, 3.05) is 12.8 Å². The molecule has 2 aromatic carbocycles. The SMILES string of the molecule is Cc1cccc(CN(C)C(=O)c2ccc(-c3cnc(N)c(OC(C)c4c(Cl)ccc(F)c4Cl)c3)cc2)n1. The van der Waals surface area contributed by atoms with Gasteiger partial charge in [-0.3, -0.25) is 9.78 Å². The molecule has 190 valence electrons. The van der Waals surface area contributed by atoms with Crippen LogP contribution in [0.4, 0.5) is 10.2 Å². The maximum absolute atomic E-state index is 14.0. The number of nitrogen functional groups attached to an aromatic ring is 1. The van der Waals surface area contributed by atoms with Crippen LogP contribution < -0.4 is 10.5 Å². The number of aromatic nitrogens is 2. The molecule has 0 saturated carbocycles. The van der Waals surface area contributed by atoms with E-state index in [0.717, 1.165) is 22.5 Å². The molecule has 1 unspecified atom stereocenters. The van der Waals surface area contributed by atoms with E-state index in [4.69, 9.17) is 33.7 Å². The predicted molar refractivity (Wildman–Crippen MR) is 144 cm³/mol. The third-order valence-electron chi connectivity index (χ3n) is 5.83. The van der Waals surface area contributed by atoms with Crippen LogP contribution in [0, 0.1) is 12.7 Å². The zero-order valence-corrected chi connectivity index (χ0v) is 22.0. The van der Waals surface area contributed by atoms with Crippen LogP contribution in [0.15, 0.2) is 66.9 Å². The molecule has 1 atom stereocenters. The van der Waals surface area contributed by atoms with Gasteiger partial charge in [0.1, 0.15) is 11.9 Å². The lowest BCUT2D eigenvalue weighted by Crippen LogP contribution is -2.26. The van der Waals surface area contributed by atoms with E-state index >= 15 is 0 Å². The van der Waals surface area contributed by atoms with Crippen LogP contribution in [0.1, 0.15) is 40.3 Å². The number of pyridine rings is 2. The van der Waals surface area contributed by atoms with Gasteiger partial charge in [-0.15, -0.1) is 0 Å². The van der Waals surface area contributed by atoms with Gasteiger partial charge in [-0.25, -0.2) is 9.37 Å². The zero-order chi connectivity index (χ0) is 26.7. The van der Waals surface area contributed by atoms with Gasteiger partial charge in [0.15, 0.2) is 11.6 Å². The maximum Gasteiger partial charge on any atom is 0.253 e. The number of carbonyl (C=O) groups excluding carboxylic acids is 1. The molecule has 9 heteroatoms. The number of anilines is 1. The van der Waals surface area contributed by atoms with Gasteiger partial charge < -0.3 is 15.4 Å². The molecule has 0 aliphatic rings. The highest BCUT2D eigenvalue weighted by molar-refractivity contribution is 6.36. The van der Waals surface area contributed by atoms with Crippen molar-refractivity contribution < 1.29 is 13.9 Å². The summed E-state index contributed by atoms with van der Waals surface area (Å²) in [7, 11) is 1.74. The van der Waals surface area contributed by atoms with E-state index in [9.17, 15) is 9.18 Å². The van der Waals surface area contributed by atoms with E-state index in [1.165, 1.54) is 12.1 Å². The summed E-state index contributed by atoms with van der Waals surface area (Å²) in [6, 6.07) is 17.2. The summed E-state index contributed by atoms with van der Waals surface area (Å²) in [5, 5.41) is 0.177. The van der Waals surface area contributed by atoms with Gasteiger partial charge in [0.25, 0.3) is 5.91 Å². The molecule has 4 rings (SSSR count). The molecule has 0 fully saturated rings. The molecule has 0 aliphatic heterocycles. The second kappa shape index (κ2) is 11.2. The Labute approximate surface area is 224 Å². The molecule has 0 radical (unpaired) electrons. The number of halogens is 3. The molecule has 4 aromatic rings. The van der Waals surface area contributed by atoms with E-state index in [-0.39, 0.29) is 21.8 Å². The Morgan fingerprint density at radius 2 is 1.84 bits per heavy atom. The Balaban J connectivity index is 1.51. The summed E-state index contributed by atoms with van der Waals surface area (Å²) in [5.74, 6) is -0.247. The topological polar surface area (TPSA) is 81.3 Å². The summed E-state index contributed by atoms with van der Waals surface area (Å²) in [4.78, 5) is 23.2. The number of hydrogen-bond donors (Lipinski definition) is 1. The number of hydrogen-bond acceptors (Lipinski definition) is 5. The summed E-state index contributed by atoms with van der Waals surface area (Å²) in [5.41, 5.74) is 10.2. The predicted octanol–water partition coefficient (Wildman–Crippen LogP) is 6.89. The van der Waals surface area contributed by atoms with Gasteiger partial charge in [-0.05, 0) is 61.9 Å². The number of ether oxygens (including phenoxy) is 1. The Morgan fingerprint density at radius 1 is 1.11 bits per heavy atom. The largest absolute Gasteiger partial charge is 0.482 e. The molecule has 0 spiro atoms.